The first-order valence-corrected chi connectivity index (χ1v) is 16.8. The monoisotopic (exact) mass is 668 g/mol. The number of methoxy groups -OCH3 is 1. The van der Waals surface area contributed by atoms with Crippen molar-refractivity contribution in [1.82, 2.24) is 14.4 Å². The van der Waals surface area contributed by atoms with Crippen LogP contribution in [0.2, 0.25) is 5.02 Å². The lowest BCUT2D eigenvalue weighted by Gasteiger charge is -2.56. The van der Waals surface area contributed by atoms with Crippen LogP contribution in [-0.4, -0.2) is 88.5 Å². The van der Waals surface area contributed by atoms with Gasteiger partial charge in [0.1, 0.15) is 5.82 Å². The number of fused-ring (bicyclic) bond motifs is 1. The van der Waals surface area contributed by atoms with Crippen LogP contribution in [0.5, 0.6) is 0 Å². The number of nitrogens with one attached hydrogen (secondary N) is 1. The number of aliphatic carboxylic acids is 1. The van der Waals surface area contributed by atoms with E-state index in [0.717, 1.165) is 36.2 Å². The molecule has 3 aliphatic rings. The molecule has 1 aliphatic carbocycles. The standard InChI is InChI=1S/C35H42ClFN4O6/c1-39-20-27(26-7-3-4-8-31(26)39)33(43)38-30-19-29(37)23(17-28(30)36)18-32(42)35(40-14-5-6-15-40,41-16-13-24(41)21-46-2)47-25-11-9-22(10-12-25)34(44)45/h3-4,7-8,17,19-20,22,24-25H,5-6,9-16,18,21H2,1-2H3,(H,38,43)(H,44,45)/t22-,24-,25-,35?/m0/s1. The van der Waals surface area contributed by atoms with Gasteiger partial charge in [-0.25, -0.2) is 4.39 Å². The number of ether oxygens (including phenoxy) is 2. The van der Waals surface area contributed by atoms with Crippen LogP contribution in [0.3, 0.4) is 0 Å². The number of hydrogen-bond donors (Lipinski definition) is 2. The average Bonchev–Trinajstić information content (AvgIpc) is 3.70. The van der Waals surface area contributed by atoms with Crippen molar-refractivity contribution in [3.8, 4) is 0 Å². The van der Waals surface area contributed by atoms with Gasteiger partial charge in [0.15, 0.2) is 5.78 Å². The lowest BCUT2D eigenvalue weighted by atomic mass is 9.87. The number of carbonyl (C=O) groups excluding carboxylic acids is 2. The predicted molar refractivity (Wildman–Crippen MR) is 176 cm³/mol. The van der Waals surface area contributed by atoms with Crippen LogP contribution in [-0.2, 0) is 32.5 Å². The number of carboxylic acid groups (broad SMARTS) is 1. The highest BCUT2D eigenvalue weighted by Crippen LogP contribution is 2.40. The number of carboxylic acids is 1. The predicted octanol–water partition coefficient (Wildman–Crippen LogP) is 5.47. The van der Waals surface area contributed by atoms with Gasteiger partial charge in [0.25, 0.3) is 5.91 Å². The zero-order valence-corrected chi connectivity index (χ0v) is 27.6. The summed E-state index contributed by atoms with van der Waals surface area (Å²) in [6.07, 6.45) is 5.74. The summed E-state index contributed by atoms with van der Waals surface area (Å²) in [4.78, 5) is 43.7. The summed E-state index contributed by atoms with van der Waals surface area (Å²) in [6.45, 7) is 2.33. The maximum atomic E-state index is 15.8. The van der Waals surface area contributed by atoms with Crippen molar-refractivity contribution in [3.63, 3.8) is 0 Å². The van der Waals surface area contributed by atoms with E-state index in [1.807, 2.05) is 40.8 Å². The van der Waals surface area contributed by atoms with Gasteiger partial charge in [-0.15, -0.1) is 0 Å². The third-order valence-corrected chi connectivity index (χ3v) is 10.3. The molecule has 2 N–H and O–H groups in total. The number of Topliss-reactive ketones (excluding diaryl/α,β-unsaturated/α-hetero) is 1. The fourth-order valence-electron chi connectivity index (χ4n) is 7.43. The Morgan fingerprint density at radius 3 is 2.45 bits per heavy atom. The molecule has 47 heavy (non-hydrogen) atoms. The normalized spacial score (nSPS) is 23.4. The van der Waals surface area contributed by atoms with E-state index in [2.05, 4.69) is 10.2 Å². The number of likely N-dealkylation sites (tertiary alicyclic amines) is 2. The smallest absolute Gasteiger partial charge is 0.306 e. The molecule has 1 saturated carbocycles. The van der Waals surface area contributed by atoms with E-state index in [1.165, 1.54) is 6.07 Å². The summed E-state index contributed by atoms with van der Waals surface area (Å²) in [7, 11) is 3.48. The number of ketones is 1. The Hall–Kier alpha value is -3.35. The minimum absolute atomic E-state index is 0.0556. The molecule has 3 aromatic rings. The molecule has 6 rings (SSSR count). The number of carbonyl (C=O) groups is 3. The van der Waals surface area contributed by atoms with Crippen LogP contribution in [0.25, 0.3) is 10.9 Å². The van der Waals surface area contributed by atoms with Crippen LogP contribution < -0.4 is 5.32 Å². The Morgan fingerprint density at radius 1 is 1.06 bits per heavy atom. The van der Waals surface area contributed by atoms with Crippen molar-refractivity contribution in [3.05, 3.63) is 64.6 Å². The van der Waals surface area contributed by atoms with Crippen molar-refractivity contribution in [2.24, 2.45) is 13.0 Å². The number of aromatic nitrogens is 1. The zero-order chi connectivity index (χ0) is 33.3. The molecule has 1 unspecified atom stereocenters. The van der Waals surface area contributed by atoms with Gasteiger partial charge in [-0.3, -0.25) is 24.2 Å². The van der Waals surface area contributed by atoms with Gasteiger partial charge in [0.05, 0.1) is 34.9 Å². The van der Waals surface area contributed by atoms with Crippen molar-refractivity contribution < 1.29 is 33.4 Å². The van der Waals surface area contributed by atoms with E-state index in [0.29, 0.717) is 57.5 Å². The molecule has 2 atom stereocenters. The second kappa shape index (κ2) is 14.0. The quantitative estimate of drug-likeness (QED) is 0.262. The summed E-state index contributed by atoms with van der Waals surface area (Å²) in [5.74, 6) is -4.06. The largest absolute Gasteiger partial charge is 0.481 e. The summed E-state index contributed by atoms with van der Waals surface area (Å²) in [5, 5.41) is 13.2. The fourth-order valence-corrected chi connectivity index (χ4v) is 7.67. The molecule has 0 radical (unpaired) electrons. The molecule has 1 aromatic heterocycles. The maximum absolute atomic E-state index is 15.8. The molecule has 2 aliphatic heterocycles. The summed E-state index contributed by atoms with van der Waals surface area (Å²) in [5.41, 5.74) is 1.54. The van der Waals surface area contributed by atoms with Crippen molar-refractivity contribution in [2.75, 3.05) is 38.7 Å². The second-order valence-electron chi connectivity index (χ2n) is 13.0. The van der Waals surface area contributed by atoms with Crippen LogP contribution in [0.1, 0.15) is 60.9 Å². The van der Waals surface area contributed by atoms with E-state index < -0.39 is 29.5 Å². The lowest BCUT2D eigenvalue weighted by Crippen LogP contribution is -2.74. The Kier molecular flexibility index (Phi) is 10.0. The lowest BCUT2D eigenvalue weighted by molar-refractivity contribution is -0.283. The maximum Gasteiger partial charge on any atom is 0.306 e. The van der Waals surface area contributed by atoms with Gasteiger partial charge in [0.2, 0.25) is 5.85 Å². The molecule has 12 heteroatoms. The van der Waals surface area contributed by atoms with Crippen LogP contribution in [0, 0.1) is 11.7 Å². The van der Waals surface area contributed by atoms with Crippen molar-refractivity contribution >= 4 is 45.9 Å². The Labute approximate surface area is 278 Å². The molecule has 0 bridgehead atoms. The number of halogens is 2. The molecule has 2 aromatic carbocycles. The number of hydrogen-bond acceptors (Lipinski definition) is 7. The summed E-state index contributed by atoms with van der Waals surface area (Å²) >= 11 is 6.63. The summed E-state index contributed by atoms with van der Waals surface area (Å²) < 4.78 is 30.0. The Morgan fingerprint density at radius 2 is 1.79 bits per heavy atom. The number of rotatable bonds is 12. The first-order chi connectivity index (χ1) is 22.6. The van der Waals surface area contributed by atoms with Crippen LogP contribution >= 0.6 is 11.6 Å². The molecular weight excluding hydrogens is 627 g/mol. The van der Waals surface area contributed by atoms with Gasteiger partial charge in [-0.1, -0.05) is 29.8 Å². The van der Waals surface area contributed by atoms with E-state index in [1.54, 1.807) is 13.3 Å². The van der Waals surface area contributed by atoms with Crippen molar-refractivity contribution in [1.29, 1.82) is 0 Å². The minimum Gasteiger partial charge on any atom is -0.481 e. The molecule has 1 amide bonds. The van der Waals surface area contributed by atoms with Crippen LogP contribution in [0.4, 0.5) is 10.1 Å². The van der Waals surface area contributed by atoms with E-state index in [9.17, 15) is 19.5 Å². The van der Waals surface area contributed by atoms with Gasteiger partial charge in [0, 0.05) is 63.4 Å². The van der Waals surface area contributed by atoms with Gasteiger partial charge in [-0.05, 0) is 68.7 Å². The van der Waals surface area contributed by atoms with E-state index in [4.69, 9.17) is 21.1 Å². The molecule has 10 nitrogen and oxygen atoms in total. The van der Waals surface area contributed by atoms with E-state index in [-0.39, 0.29) is 40.6 Å². The molecule has 2 saturated heterocycles. The van der Waals surface area contributed by atoms with E-state index >= 15 is 4.39 Å². The molecule has 3 heterocycles. The first-order valence-electron chi connectivity index (χ1n) is 16.4. The number of benzene rings is 2. The molecular formula is C35H42ClFN4O6. The highest BCUT2D eigenvalue weighted by Gasteiger charge is 2.57. The average molecular weight is 669 g/mol. The molecule has 3 fully saturated rings. The number of aryl methyl sites for hydroxylation is 1. The first kappa shape index (κ1) is 33.5. The third-order valence-electron chi connectivity index (χ3n) is 10.0. The number of amides is 1. The topological polar surface area (TPSA) is 113 Å². The SMILES string of the molecule is COC[C@@H]1CCN1C(O[C@H]1CC[C@H](C(=O)O)CC1)(C(=O)Cc1cc(Cl)c(NC(=O)c2cn(C)c3ccccc23)cc1F)N1CCCC1. The Bertz CT molecular complexity index is 1650. The zero-order valence-electron chi connectivity index (χ0n) is 26.8. The third kappa shape index (κ3) is 6.56. The highest BCUT2D eigenvalue weighted by atomic mass is 35.5. The number of nitrogens with zero attached hydrogens (tertiary/aromatic N) is 3. The second-order valence-corrected chi connectivity index (χ2v) is 13.4. The highest BCUT2D eigenvalue weighted by molar-refractivity contribution is 6.34. The number of anilines is 1. The fraction of sp³-hybridized carbons (Fsp3) is 0.514. The van der Waals surface area contributed by atoms with Gasteiger partial charge in [-0.2, -0.15) is 0 Å². The van der Waals surface area contributed by atoms with Gasteiger partial charge >= 0.3 is 5.97 Å². The number of para-hydroxylation sites is 1. The Balaban J connectivity index is 1.27. The summed E-state index contributed by atoms with van der Waals surface area (Å²) in [6, 6.07) is 10.0. The minimum atomic E-state index is -1.45. The van der Waals surface area contributed by atoms with Crippen molar-refractivity contribution in [2.45, 2.75) is 69.4 Å². The molecule has 0 spiro atoms. The van der Waals surface area contributed by atoms with Crippen LogP contribution in [0.15, 0.2) is 42.6 Å². The van der Waals surface area contributed by atoms with Gasteiger partial charge < -0.3 is 24.5 Å². The molecule has 252 valence electrons.